The second kappa shape index (κ2) is 14.0. The molecule has 2 amide bonds. The standard InChI is InChI=1S/C31H34F4N6O2/c1-7-37-16-26(18(4)36)41(38-8-2)27(42)12-9-20-15-22-21(13-17(3)14-23(22)31(43)40(20)6)19(5)39-25-11-10-24(32)29(33)28(25)30(34)35/h7-16,19,21-22,30,36,39H,1-6H3/b12-9+,26-16+,36-18?,37-7?,38-8-/t19-,21?,22?/m1/s1. The molecule has 0 fully saturated rings. The lowest BCUT2D eigenvalue weighted by Gasteiger charge is -2.38. The van der Waals surface area contributed by atoms with Crippen LogP contribution in [0.4, 0.5) is 23.2 Å². The van der Waals surface area contributed by atoms with E-state index in [1.54, 1.807) is 46.9 Å². The molecule has 0 saturated heterocycles. The van der Waals surface area contributed by atoms with Crippen LogP contribution >= 0.6 is 0 Å². The van der Waals surface area contributed by atoms with Gasteiger partial charge in [-0.2, -0.15) is 10.1 Å². The summed E-state index contributed by atoms with van der Waals surface area (Å²) in [5.74, 6) is -4.86. The lowest BCUT2D eigenvalue weighted by atomic mass is 9.74. The van der Waals surface area contributed by atoms with Gasteiger partial charge in [0.2, 0.25) is 0 Å². The number of amides is 2. The molecule has 228 valence electrons. The fourth-order valence-electron chi connectivity index (χ4n) is 4.92. The van der Waals surface area contributed by atoms with Gasteiger partial charge in [0.05, 0.1) is 17.5 Å². The largest absolute Gasteiger partial charge is 0.381 e. The molecule has 43 heavy (non-hydrogen) atoms. The van der Waals surface area contributed by atoms with Crippen LogP contribution in [0, 0.1) is 28.9 Å². The first-order chi connectivity index (χ1) is 20.3. The number of likely N-dealkylation sites (N-methyl/N-ethyl adjacent to an activating group) is 1. The van der Waals surface area contributed by atoms with Crippen molar-refractivity contribution < 1.29 is 27.2 Å². The van der Waals surface area contributed by atoms with E-state index in [1.165, 1.54) is 42.6 Å². The minimum absolute atomic E-state index is 0.0571. The molecule has 0 radical (unpaired) electrons. The van der Waals surface area contributed by atoms with Crippen LogP contribution in [0.3, 0.4) is 0 Å². The van der Waals surface area contributed by atoms with Crippen molar-refractivity contribution >= 4 is 35.6 Å². The Bertz CT molecular complexity index is 1510. The van der Waals surface area contributed by atoms with Crippen LogP contribution in [0.5, 0.6) is 0 Å². The number of alkyl halides is 2. The molecule has 2 N–H and O–H groups in total. The molecule has 0 spiro atoms. The Morgan fingerprint density at radius 1 is 1.19 bits per heavy atom. The fourth-order valence-corrected chi connectivity index (χ4v) is 4.92. The number of halogens is 4. The SMILES string of the molecule is CC=N/C=C(\C(C)=N)N(/N=C\C)C(=O)/C=C/C1=CC2C(=CC(C)=CC2[C@@H](C)Nc2ccc(F)c(F)c2C(F)F)C(=O)N1C. The van der Waals surface area contributed by atoms with Crippen LogP contribution in [0.15, 0.2) is 81.3 Å². The van der Waals surface area contributed by atoms with Crippen LogP contribution in [0.2, 0.25) is 0 Å². The smallest absolute Gasteiger partial charge is 0.271 e. The summed E-state index contributed by atoms with van der Waals surface area (Å²) in [5, 5.41) is 16.0. The first-order valence-corrected chi connectivity index (χ1v) is 13.5. The molecular weight excluding hydrogens is 564 g/mol. The summed E-state index contributed by atoms with van der Waals surface area (Å²) >= 11 is 0. The van der Waals surface area contributed by atoms with Crippen molar-refractivity contribution in [2.75, 3.05) is 12.4 Å². The van der Waals surface area contributed by atoms with Crippen molar-refractivity contribution in [2.45, 2.75) is 47.1 Å². The molecule has 1 heterocycles. The molecule has 0 bridgehead atoms. The maximum Gasteiger partial charge on any atom is 0.271 e. The minimum atomic E-state index is -3.25. The molecule has 2 unspecified atom stereocenters. The van der Waals surface area contributed by atoms with Gasteiger partial charge >= 0.3 is 0 Å². The highest BCUT2D eigenvalue weighted by Gasteiger charge is 2.38. The molecule has 8 nitrogen and oxygen atoms in total. The molecule has 3 atom stereocenters. The molecule has 1 aliphatic heterocycles. The van der Waals surface area contributed by atoms with Gasteiger partial charge in [-0.25, -0.2) is 17.6 Å². The second-order valence-corrected chi connectivity index (χ2v) is 10.0. The number of allylic oxidation sites excluding steroid dienone is 5. The lowest BCUT2D eigenvalue weighted by molar-refractivity contribution is -0.125. The second-order valence-electron chi connectivity index (χ2n) is 10.0. The molecule has 0 aromatic heterocycles. The monoisotopic (exact) mass is 598 g/mol. The molecule has 1 aromatic rings. The number of nitrogens with one attached hydrogen (secondary N) is 2. The maximum atomic E-state index is 14.2. The third kappa shape index (κ3) is 7.25. The van der Waals surface area contributed by atoms with Gasteiger partial charge in [0.1, 0.15) is 5.70 Å². The van der Waals surface area contributed by atoms with Crippen molar-refractivity contribution in [1.29, 1.82) is 5.41 Å². The zero-order valence-corrected chi connectivity index (χ0v) is 24.7. The van der Waals surface area contributed by atoms with Crippen molar-refractivity contribution in [3.05, 3.63) is 88.5 Å². The van der Waals surface area contributed by atoms with Gasteiger partial charge in [-0.1, -0.05) is 23.8 Å². The average molecular weight is 599 g/mol. The van der Waals surface area contributed by atoms with E-state index in [4.69, 9.17) is 5.41 Å². The van der Waals surface area contributed by atoms with Gasteiger partial charge in [0, 0.05) is 60.4 Å². The van der Waals surface area contributed by atoms with E-state index in [0.717, 1.165) is 22.7 Å². The van der Waals surface area contributed by atoms with E-state index in [1.807, 2.05) is 6.08 Å². The van der Waals surface area contributed by atoms with Crippen LogP contribution in [0.25, 0.3) is 0 Å². The lowest BCUT2D eigenvalue weighted by Crippen LogP contribution is -2.41. The predicted octanol–water partition coefficient (Wildman–Crippen LogP) is 6.54. The third-order valence-corrected chi connectivity index (χ3v) is 7.01. The molecule has 3 rings (SSSR count). The number of benzene rings is 1. The number of hydrazone groups is 1. The molecular formula is C31H34F4N6O2. The van der Waals surface area contributed by atoms with E-state index >= 15 is 0 Å². The predicted molar refractivity (Wildman–Crippen MR) is 160 cm³/mol. The Morgan fingerprint density at radius 3 is 2.49 bits per heavy atom. The molecule has 2 aliphatic rings. The van der Waals surface area contributed by atoms with Crippen molar-refractivity contribution in [2.24, 2.45) is 21.9 Å². The number of anilines is 1. The molecule has 0 saturated carbocycles. The Morgan fingerprint density at radius 2 is 1.88 bits per heavy atom. The summed E-state index contributed by atoms with van der Waals surface area (Å²) in [7, 11) is 1.56. The Hall–Kier alpha value is -4.61. The van der Waals surface area contributed by atoms with Crippen LogP contribution in [0.1, 0.15) is 46.6 Å². The van der Waals surface area contributed by atoms with Gasteiger partial charge in [-0.3, -0.25) is 14.6 Å². The van der Waals surface area contributed by atoms with E-state index in [9.17, 15) is 27.2 Å². The molecule has 1 aliphatic carbocycles. The third-order valence-electron chi connectivity index (χ3n) is 7.01. The summed E-state index contributed by atoms with van der Waals surface area (Å²) in [5.41, 5.74) is 0.547. The fraction of sp³-hybridized carbons (Fsp3) is 0.323. The Labute approximate surface area is 248 Å². The van der Waals surface area contributed by atoms with E-state index in [-0.39, 0.29) is 23.0 Å². The Kier molecular flexibility index (Phi) is 10.7. The number of carbonyl (C=O) groups excluding carboxylic acids is 2. The summed E-state index contributed by atoms with van der Waals surface area (Å²) in [6.07, 6.45) is 9.08. The molecule has 1 aromatic carbocycles. The summed E-state index contributed by atoms with van der Waals surface area (Å²) in [6.45, 7) is 8.31. The van der Waals surface area contributed by atoms with Crippen LogP contribution in [-0.2, 0) is 9.59 Å². The number of rotatable bonds is 10. The van der Waals surface area contributed by atoms with Gasteiger partial charge in [-0.15, -0.1) is 0 Å². The van der Waals surface area contributed by atoms with Gasteiger partial charge in [-0.05, 0) is 52.8 Å². The van der Waals surface area contributed by atoms with Crippen molar-refractivity contribution in [1.82, 2.24) is 9.91 Å². The maximum absolute atomic E-state index is 14.2. The summed E-state index contributed by atoms with van der Waals surface area (Å²) in [6, 6.07) is 1.25. The normalized spacial score (nSPS) is 20.0. The first-order valence-electron chi connectivity index (χ1n) is 13.5. The van der Waals surface area contributed by atoms with E-state index in [2.05, 4.69) is 15.4 Å². The highest BCUT2D eigenvalue weighted by atomic mass is 19.3. The number of hydrogen-bond donors (Lipinski definition) is 2. The van der Waals surface area contributed by atoms with Crippen LogP contribution in [-0.4, -0.2) is 53.0 Å². The number of hydrogen-bond acceptors (Lipinski definition) is 6. The number of carbonyl (C=O) groups is 2. The molecule has 12 heteroatoms. The van der Waals surface area contributed by atoms with Gasteiger partial charge < -0.3 is 15.6 Å². The van der Waals surface area contributed by atoms with Crippen LogP contribution < -0.4 is 5.32 Å². The van der Waals surface area contributed by atoms with E-state index in [0.29, 0.717) is 11.3 Å². The van der Waals surface area contributed by atoms with Crippen molar-refractivity contribution in [3.8, 4) is 0 Å². The topological polar surface area (TPSA) is 101 Å². The quantitative estimate of drug-likeness (QED) is 0.138. The Balaban J connectivity index is 1.98. The summed E-state index contributed by atoms with van der Waals surface area (Å²) in [4.78, 5) is 32.0. The number of aliphatic imine (C=N–C) groups is 1. The highest BCUT2D eigenvalue weighted by molar-refractivity contribution is 6.02. The minimum Gasteiger partial charge on any atom is -0.381 e. The highest BCUT2D eigenvalue weighted by Crippen LogP contribution is 2.40. The summed E-state index contributed by atoms with van der Waals surface area (Å²) < 4.78 is 55.3. The average Bonchev–Trinajstić information content (AvgIpc) is 2.95. The zero-order chi connectivity index (χ0) is 32.0. The zero-order valence-electron chi connectivity index (χ0n) is 24.7. The number of nitrogens with zero attached hydrogens (tertiary/aromatic N) is 4. The first kappa shape index (κ1) is 32.9. The van der Waals surface area contributed by atoms with Gasteiger partial charge in [0.25, 0.3) is 18.2 Å². The number of fused-ring (bicyclic) bond motifs is 1. The van der Waals surface area contributed by atoms with E-state index < -0.39 is 47.4 Å². The van der Waals surface area contributed by atoms with Gasteiger partial charge in [0.15, 0.2) is 11.6 Å². The van der Waals surface area contributed by atoms with Crippen molar-refractivity contribution in [3.63, 3.8) is 0 Å².